The molecule has 0 aliphatic rings. The monoisotopic (exact) mass is 239 g/mol. The van der Waals surface area contributed by atoms with Crippen LogP contribution in [-0.2, 0) is 7.05 Å². The number of anilines is 1. The molecule has 4 heteroatoms. The van der Waals surface area contributed by atoms with Crippen LogP contribution in [0.4, 0.5) is 5.69 Å². The molecule has 68 valence electrons. The number of aryl methyl sites for hydroxylation is 2. The van der Waals surface area contributed by atoms with Gasteiger partial charge in [-0.2, -0.15) is 5.10 Å². The minimum absolute atomic E-state index is 0.753. The Kier molecular flexibility index (Phi) is 1.80. The number of hydrogen-bond donors (Lipinski definition) is 1. The summed E-state index contributed by atoms with van der Waals surface area (Å²) in [7, 11) is 1.93. The zero-order valence-electron chi connectivity index (χ0n) is 7.50. The minimum Gasteiger partial charge on any atom is -0.398 e. The first-order valence-corrected chi connectivity index (χ1v) is 4.77. The summed E-state index contributed by atoms with van der Waals surface area (Å²) in [6.07, 6.45) is 0. The Hall–Kier alpha value is -1.03. The fraction of sp³-hybridized carbons (Fsp3) is 0.222. The van der Waals surface area contributed by atoms with Crippen molar-refractivity contribution in [2.24, 2.45) is 7.05 Å². The summed E-state index contributed by atoms with van der Waals surface area (Å²) in [5.74, 6) is 0. The molecule has 2 rings (SSSR count). The maximum atomic E-state index is 5.78. The normalized spacial score (nSPS) is 11.0. The molecule has 2 N–H and O–H groups in total. The van der Waals surface area contributed by atoms with Crippen molar-refractivity contribution >= 4 is 32.5 Å². The van der Waals surface area contributed by atoms with Crippen molar-refractivity contribution in [3.05, 3.63) is 22.3 Å². The summed E-state index contributed by atoms with van der Waals surface area (Å²) in [4.78, 5) is 0. The molecule has 0 atom stereocenters. The van der Waals surface area contributed by atoms with E-state index in [0.29, 0.717) is 0 Å². The van der Waals surface area contributed by atoms with Gasteiger partial charge in [0, 0.05) is 22.6 Å². The molecule has 0 fully saturated rings. The quantitative estimate of drug-likeness (QED) is 0.717. The van der Waals surface area contributed by atoms with E-state index < -0.39 is 0 Å². The Bertz CT molecular complexity index is 431. The minimum atomic E-state index is 0.753. The second kappa shape index (κ2) is 2.73. The van der Waals surface area contributed by atoms with Gasteiger partial charge >= 0.3 is 0 Å². The lowest BCUT2D eigenvalue weighted by molar-refractivity contribution is 0.783. The Balaban J connectivity index is 2.91. The van der Waals surface area contributed by atoms with E-state index in [-0.39, 0.29) is 0 Å². The molecule has 0 unspecified atom stereocenters. The summed E-state index contributed by atoms with van der Waals surface area (Å²) in [6, 6.07) is 3.94. The van der Waals surface area contributed by atoms with Gasteiger partial charge in [-0.15, -0.1) is 0 Å². The summed E-state index contributed by atoms with van der Waals surface area (Å²) in [5, 5.41) is 5.43. The molecule has 0 spiro atoms. The molecule has 1 heterocycles. The molecule has 2 aromatic rings. The summed E-state index contributed by atoms with van der Waals surface area (Å²) < 4.78 is 2.78. The fourth-order valence-electron chi connectivity index (χ4n) is 1.47. The molecular formula is C9H10BrN3. The lowest BCUT2D eigenvalue weighted by Crippen LogP contribution is -1.90. The Morgan fingerprint density at radius 2 is 2.15 bits per heavy atom. The number of rotatable bonds is 0. The molecule has 1 aromatic carbocycles. The van der Waals surface area contributed by atoms with E-state index in [9.17, 15) is 0 Å². The highest BCUT2D eigenvalue weighted by Gasteiger charge is 2.06. The highest BCUT2D eigenvalue weighted by molar-refractivity contribution is 9.10. The van der Waals surface area contributed by atoms with Crippen molar-refractivity contribution in [1.29, 1.82) is 0 Å². The molecule has 0 saturated carbocycles. The van der Waals surface area contributed by atoms with Crippen molar-refractivity contribution in [3.8, 4) is 0 Å². The zero-order chi connectivity index (χ0) is 9.59. The first kappa shape index (κ1) is 8.56. The third kappa shape index (κ3) is 1.21. The standard InChI is InChI=1S/C9H10BrN3/c1-5-6-3-8(11)7(10)4-9(6)13(2)12-5/h3-4H,11H2,1-2H3. The number of hydrogen-bond acceptors (Lipinski definition) is 2. The Morgan fingerprint density at radius 3 is 2.85 bits per heavy atom. The van der Waals surface area contributed by atoms with Crippen LogP contribution >= 0.6 is 15.9 Å². The van der Waals surface area contributed by atoms with Crippen LogP contribution in [0.3, 0.4) is 0 Å². The number of aromatic nitrogens is 2. The van der Waals surface area contributed by atoms with Crippen molar-refractivity contribution in [2.75, 3.05) is 5.73 Å². The van der Waals surface area contributed by atoms with Crippen LogP contribution in [0.1, 0.15) is 5.69 Å². The number of nitrogens with two attached hydrogens (primary N) is 1. The molecule has 3 nitrogen and oxygen atoms in total. The number of nitrogens with zero attached hydrogens (tertiary/aromatic N) is 2. The van der Waals surface area contributed by atoms with E-state index in [1.54, 1.807) is 0 Å². The highest BCUT2D eigenvalue weighted by atomic mass is 79.9. The lowest BCUT2D eigenvalue weighted by Gasteiger charge is -1.99. The molecule has 0 amide bonds. The van der Waals surface area contributed by atoms with Crippen LogP contribution in [0.2, 0.25) is 0 Å². The maximum Gasteiger partial charge on any atom is 0.0694 e. The molecule has 0 radical (unpaired) electrons. The van der Waals surface area contributed by atoms with Crippen molar-refractivity contribution in [2.45, 2.75) is 6.92 Å². The van der Waals surface area contributed by atoms with Gasteiger partial charge in [0.15, 0.2) is 0 Å². The molecule has 13 heavy (non-hydrogen) atoms. The van der Waals surface area contributed by atoms with E-state index >= 15 is 0 Å². The SMILES string of the molecule is Cc1nn(C)c2cc(Br)c(N)cc12. The fourth-order valence-corrected chi connectivity index (χ4v) is 1.80. The van der Waals surface area contributed by atoms with Gasteiger partial charge in [0.25, 0.3) is 0 Å². The molecular weight excluding hydrogens is 230 g/mol. The van der Waals surface area contributed by atoms with Gasteiger partial charge in [-0.1, -0.05) is 0 Å². The first-order valence-electron chi connectivity index (χ1n) is 3.98. The summed E-state index contributed by atoms with van der Waals surface area (Å²) in [5.41, 5.74) is 8.64. The zero-order valence-corrected chi connectivity index (χ0v) is 9.09. The van der Waals surface area contributed by atoms with Gasteiger partial charge in [-0.05, 0) is 35.0 Å². The Labute approximate surface area is 84.7 Å². The lowest BCUT2D eigenvalue weighted by atomic mass is 10.2. The van der Waals surface area contributed by atoms with Gasteiger partial charge in [-0.3, -0.25) is 4.68 Å². The number of benzene rings is 1. The number of nitrogen functional groups attached to an aromatic ring is 1. The van der Waals surface area contributed by atoms with Crippen molar-refractivity contribution in [1.82, 2.24) is 9.78 Å². The molecule has 0 bridgehead atoms. The third-order valence-electron chi connectivity index (χ3n) is 2.15. The van der Waals surface area contributed by atoms with Crippen LogP contribution in [0.5, 0.6) is 0 Å². The predicted molar refractivity (Wildman–Crippen MR) is 57.6 cm³/mol. The van der Waals surface area contributed by atoms with Gasteiger partial charge in [0.05, 0.1) is 11.2 Å². The van der Waals surface area contributed by atoms with Crippen molar-refractivity contribution < 1.29 is 0 Å². The largest absolute Gasteiger partial charge is 0.398 e. The van der Waals surface area contributed by atoms with Crippen LogP contribution < -0.4 is 5.73 Å². The summed E-state index contributed by atoms with van der Waals surface area (Å²) in [6.45, 7) is 1.98. The highest BCUT2D eigenvalue weighted by Crippen LogP contribution is 2.27. The van der Waals surface area contributed by atoms with E-state index in [1.807, 2.05) is 30.8 Å². The second-order valence-electron chi connectivity index (χ2n) is 3.10. The second-order valence-corrected chi connectivity index (χ2v) is 3.95. The van der Waals surface area contributed by atoms with Crippen LogP contribution in [0.15, 0.2) is 16.6 Å². The molecule has 0 aliphatic carbocycles. The van der Waals surface area contributed by atoms with Crippen LogP contribution in [-0.4, -0.2) is 9.78 Å². The first-order chi connectivity index (χ1) is 6.09. The molecule has 0 saturated heterocycles. The smallest absolute Gasteiger partial charge is 0.0694 e. The van der Waals surface area contributed by atoms with Crippen molar-refractivity contribution in [3.63, 3.8) is 0 Å². The Morgan fingerprint density at radius 1 is 1.46 bits per heavy atom. The van der Waals surface area contributed by atoms with E-state index in [1.165, 1.54) is 0 Å². The average molecular weight is 240 g/mol. The topological polar surface area (TPSA) is 43.8 Å². The summed E-state index contributed by atoms with van der Waals surface area (Å²) >= 11 is 3.39. The van der Waals surface area contributed by atoms with E-state index in [4.69, 9.17) is 5.73 Å². The average Bonchev–Trinajstić information content (AvgIpc) is 2.31. The maximum absolute atomic E-state index is 5.78. The number of halogens is 1. The molecule has 1 aromatic heterocycles. The van der Waals surface area contributed by atoms with Gasteiger partial charge in [-0.25, -0.2) is 0 Å². The van der Waals surface area contributed by atoms with E-state index in [2.05, 4.69) is 21.0 Å². The van der Waals surface area contributed by atoms with Crippen LogP contribution in [0.25, 0.3) is 10.9 Å². The van der Waals surface area contributed by atoms with Gasteiger partial charge in [0.2, 0.25) is 0 Å². The third-order valence-corrected chi connectivity index (χ3v) is 2.84. The number of fused-ring (bicyclic) bond motifs is 1. The van der Waals surface area contributed by atoms with Gasteiger partial charge in [0.1, 0.15) is 0 Å². The molecule has 0 aliphatic heterocycles. The van der Waals surface area contributed by atoms with Gasteiger partial charge < -0.3 is 5.73 Å². The van der Waals surface area contributed by atoms with E-state index in [0.717, 1.165) is 26.8 Å². The van der Waals surface area contributed by atoms with Crippen LogP contribution in [0, 0.1) is 6.92 Å². The predicted octanol–water partition coefficient (Wildman–Crippen LogP) is 2.23.